The van der Waals surface area contributed by atoms with E-state index in [0.29, 0.717) is 19.6 Å². The summed E-state index contributed by atoms with van der Waals surface area (Å²) in [5.41, 5.74) is 7.74. The number of aliphatic hydroxyl groups excluding tert-OH is 2. The van der Waals surface area contributed by atoms with E-state index < -0.39 is 12.4 Å². The molecule has 4 N–H and O–H groups in total. The normalized spacial score (nSPS) is 19.9. The topological polar surface area (TPSA) is 103 Å². The molecule has 6 rings (SSSR count). The SMILES string of the molecule is C[C@H]1[C@@H](CN(C)[C@H](C)[C@@H](O)c2ccccc2)O[C@@H](c2ccc(-c3ccccc3CNC(=O)NCc3ccccc3)cc2)O[C@H]1c1ccc(CO)cc1. The fourth-order valence-electron chi connectivity index (χ4n) is 6.74. The van der Waals surface area contributed by atoms with Crippen LogP contribution >= 0.6 is 0 Å². The summed E-state index contributed by atoms with van der Waals surface area (Å²) in [5, 5.41) is 26.7. The van der Waals surface area contributed by atoms with E-state index in [-0.39, 0.29) is 36.8 Å². The number of rotatable bonds is 13. The van der Waals surface area contributed by atoms with E-state index >= 15 is 0 Å². The maximum Gasteiger partial charge on any atom is 0.315 e. The van der Waals surface area contributed by atoms with Crippen molar-refractivity contribution < 1.29 is 24.5 Å². The number of benzene rings is 5. The molecule has 0 bridgehead atoms. The fraction of sp³-hybridized carbons (Fsp3) is 0.295. The molecule has 0 radical (unpaired) electrons. The molecule has 1 heterocycles. The maximum absolute atomic E-state index is 12.6. The lowest BCUT2D eigenvalue weighted by molar-refractivity contribution is -0.276. The molecule has 1 saturated heterocycles. The Bertz CT molecular complexity index is 1850. The summed E-state index contributed by atoms with van der Waals surface area (Å²) < 4.78 is 13.5. The minimum Gasteiger partial charge on any atom is -0.392 e. The molecular formula is C44H49N3O5. The molecule has 5 aromatic carbocycles. The van der Waals surface area contributed by atoms with Crippen molar-refractivity contribution in [2.75, 3.05) is 13.6 Å². The Balaban J connectivity index is 1.17. The summed E-state index contributed by atoms with van der Waals surface area (Å²) in [6.07, 6.45) is -1.71. The second-order valence-corrected chi connectivity index (χ2v) is 13.7. The molecular weight excluding hydrogens is 651 g/mol. The molecule has 270 valence electrons. The van der Waals surface area contributed by atoms with Crippen molar-refractivity contribution in [1.82, 2.24) is 15.5 Å². The van der Waals surface area contributed by atoms with Crippen LogP contribution in [0.15, 0.2) is 133 Å². The molecule has 0 unspecified atom stereocenters. The van der Waals surface area contributed by atoms with Gasteiger partial charge in [0.15, 0.2) is 6.29 Å². The lowest BCUT2D eigenvalue weighted by Crippen LogP contribution is -2.46. The zero-order chi connectivity index (χ0) is 36.5. The fourth-order valence-corrected chi connectivity index (χ4v) is 6.74. The van der Waals surface area contributed by atoms with Crippen LogP contribution in [-0.2, 0) is 29.2 Å². The van der Waals surface area contributed by atoms with E-state index in [0.717, 1.165) is 44.5 Å². The monoisotopic (exact) mass is 699 g/mol. The van der Waals surface area contributed by atoms with Crippen LogP contribution in [0.4, 0.5) is 4.79 Å². The van der Waals surface area contributed by atoms with Crippen LogP contribution in [0.1, 0.15) is 65.7 Å². The minimum atomic E-state index is -0.645. The van der Waals surface area contributed by atoms with Crippen LogP contribution in [0.25, 0.3) is 11.1 Å². The molecule has 6 atom stereocenters. The molecule has 0 aromatic heterocycles. The van der Waals surface area contributed by atoms with Gasteiger partial charge in [-0.25, -0.2) is 4.79 Å². The molecule has 1 aliphatic heterocycles. The Labute approximate surface area is 307 Å². The van der Waals surface area contributed by atoms with Gasteiger partial charge in [0.25, 0.3) is 0 Å². The number of nitrogens with zero attached hydrogens (tertiary/aromatic N) is 1. The minimum absolute atomic E-state index is 0.00304. The first-order chi connectivity index (χ1) is 25.3. The molecule has 5 aromatic rings. The third kappa shape index (κ3) is 9.14. The van der Waals surface area contributed by atoms with Gasteiger partial charge in [-0.3, -0.25) is 4.90 Å². The highest BCUT2D eigenvalue weighted by atomic mass is 16.7. The predicted octanol–water partition coefficient (Wildman–Crippen LogP) is 7.69. The van der Waals surface area contributed by atoms with Gasteiger partial charge in [0.05, 0.1) is 24.9 Å². The summed E-state index contributed by atoms with van der Waals surface area (Å²) in [5.74, 6) is 0.00304. The quantitative estimate of drug-likeness (QED) is 0.101. The van der Waals surface area contributed by atoms with Crippen LogP contribution < -0.4 is 10.6 Å². The number of amides is 2. The number of ether oxygens (including phenoxy) is 2. The lowest BCUT2D eigenvalue weighted by Gasteiger charge is -2.43. The number of carbonyl (C=O) groups excluding carboxylic acids is 1. The van der Waals surface area contributed by atoms with Gasteiger partial charge in [-0.15, -0.1) is 0 Å². The summed E-state index contributed by atoms with van der Waals surface area (Å²) >= 11 is 0. The highest BCUT2D eigenvalue weighted by Gasteiger charge is 2.39. The first-order valence-electron chi connectivity index (χ1n) is 18.0. The van der Waals surface area contributed by atoms with E-state index in [4.69, 9.17) is 9.47 Å². The van der Waals surface area contributed by atoms with E-state index in [2.05, 4.69) is 40.7 Å². The zero-order valence-corrected chi connectivity index (χ0v) is 30.1. The Hall–Kier alpha value is -4.83. The average molecular weight is 700 g/mol. The Morgan fingerprint density at radius 2 is 1.37 bits per heavy atom. The third-order valence-corrected chi connectivity index (χ3v) is 10.1. The molecule has 1 aliphatic rings. The number of urea groups is 1. The van der Waals surface area contributed by atoms with Gasteiger partial charge < -0.3 is 30.3 Å². The summed E-state index contributed by atoms with van der Waals surface area (Å²) in [4.78, 5) is 14.7. The van der Waals surface area contributed by atoms with Crippen LogP contribution in [0.3, 0.4) is 0 Å². The second kappa shape index (κ2) is 17.6. The maximum atomic E-state index is 12.6. The summed E-state index contributed by atoms with van der Waals surface area (Å²) in [7, 11) is 2.02. The molecule has 1 fully saturated rings. The van der Waals surface area contributed by atoms with Gasteiger partial charge in [-0.05, 0) is 52.9 Å². The van der Waals surface area contributed by atoms with E-state index in [9.17, 15) is 15.0 Å². The lowest BCUT2D eigenvalue weighted by atomic mass is 9.89. The van der Waals surface area contributed by atoms with Crippen molar-refractivity contribution in [3.63, 3.8) is 0 Å². The molecule has 52 heavy (non-hydrogen) atoms. The highest BCUT2D eigenvalue weighted by Crippen LogP contribution is 2.42. The number of aliphatic hydroxyl groups is 2. The number of likely N-dealkylation sites (N-methyl/N-ethyl adjacent to an activating group) is 1. The average Bonchev–Trinajstić information content (AvgIpc) is 3.20. The van der Waals surface area contributed by atoms with Gasteiger partial charge in [-0.2, -0.15) is 0 Å². The molecule has 2 amide bonds. The second-order valence-electron chi connectivity index (χ2n) is 13.7. The Kier molecular flexibility index (Phi) is 12.5. The number of hydrogen-bond acceptors (Lipinski definition) is 6. The van der Waals surface area contributed by atoms with Crippen molar-refractivity contribution in [3.05, 3.63) is 167 Å². The summed E-state index contributed by atoms with van der Waals surface area (Å²) in [6.45, 7) is 5.60. The highest BCUT2D eigenvalue weighted by molar-refractivity contribution is 5.75. The third-order valence-electron chi connectivity index (χ3n) is 10.1. The van der Waals surface area contributed by atoms with Crippen molar-refractivity contribution in [2.24, 2.45) is 5.92 Å². The molecule has 0 aliphatic carbocycles. The van der Waals surface area contributed by atoms with Gasteiger partial charge in [0.2, 0.25) is 0 Å². The van der Waals surface area contributed by atoms with Crippen molar-refractivity contribution in [2.45, 2.75) is 64.2 Å². The summed E-state index contributed by atoms with van der Waals surface area (Å²) in [6, 6.07) is 43.4. The predicted molar refractivity (Wildman–Crippen MR) is 204 cm³/mol. The number of nitrogens with one attached hydrogen (secondary N) is 2. The van der Waals surface area contributed by atoms with E-state index in [1.165, 1.54) is 0 Å². The van der Waals surface area contributed by atoms with E-state index in [1.807, 2.05) is 129 Å². The number of carbonyl (C=O) groups is 1. The van der Waals surface area contributed by atoms with Gasteiger partial charge in [0.1, 0.15) is 0 Å². The van der Waals surface area contributed by atoms with Crippen molar-refractivity contribution in [1.29, 1.82) is 0 Å². The largest absolute Gasteiger partial charge is 0.392 e. The standard InChI is InChI=1S/C44H49N3O5/c1-30-40(28-47(3)31(2)41(49)35-14-8-5-9-15-35)51-43(52-42(30)36-20-18-33(29-48)19-21-36)37-24-22-34(23-25-37)39-17-11-10-16-38(39)27-46-44(50)45-26-32-12-6-4-7-13-32/h4-25,30-31,40-43,48-49H,26-29H2,1-3H3,(H2,45,46,50)/t30-,31+,40+,41+,42+,43+/m0/s1. The van der Waals surface area contributed by atoms with E-state index in [1.54, 1.807) is 0 Å². The molecule has 0 saturated carbocycles. The van der Waals surface area contributed by atoms with Crippen molar-refractivity contribution >= 4 is 6.03 Å². The van der Waals surface area contributed by atoms with Crippen LogP contribution in [0, 0.1) is 5.92 Å². The molecule has 0 spiro atoms. The Morgan fingerprint density at radius 1 is 0.750 bits per heavy atom. The molecule has 8 nitrogen and oxygen atoms in total. The Morgan fingerprint density at radius 3 is 2.06 bits per heavy atom. The van der Waals surface area contributed by atoms with Crippen LogP contribution in [-0.4, -0.2) is 46.9 Å². The van der Waals surface area contributed by atoms with Crippen LogP contribution in [0.2, 0.25) is 0 Å². The van der Waals surface area contributed by atoms with Gasteiger partial charge in [-0.1, -0.05) is 140 Å². The number of hydrogen-bond donors (Lipinski definition) is 4. The van der Waals surface area contributed by atoms with Crippen molar-refractivity contribution in [3.8, 4) is 11.1 Å². The van der Waals surface area contributed by atoms with Crippen LogP contribution in [0.5, 0.6) is 0 Å². The first kappa shape index (κ1) is 36.9. The zero-order valence-electron chi connectivity index (χ0n) is 30.1. The smallest absolute Gasteiger partial charge is 0.315 e. The van der Waals surface area contributed by atoms with Gasteiger partial charge >= 0.3 is 6.03 Å². The first-order valence-corrected chi connectivity index (χ1v) is 18.0. The molecule has 8 heteroatoms. The van der Waals surface area contributed by atoms with Gasteiger partial charge in [0, 0.05) is 37.2 Å².